The molecular formula is C33H30N6O5S2. The van der Waals surface area contributed by atoms with Gasteiger partial charge in [0, 0.05) is 31.6 Å². The summed E-state index contributed by atoms with van der Waals surface area (Å²) in [4.78, 5) is 41.8. The van der Waals surface area contributed by atoms with Gasteiger partial charge in [-0.1, -0.05) is 30.3 Å². The molecule has 13 heteroatoms. The van der Waals surface area contributed by atoms with Gasteiger partial charge in [0.1, 0.15) is 23.7 Å². The van der Waals surface area contributed by atoms with Gasteiger partial charge in [0.25, 0.3) is 11.8 Å². The van der Waals surface area contributed by atoms with E-state index in [0.717, 1.165) is 22.8 Å². The van der Waals surface area contributed by atoms with Gasteiger partial charge < -0.3 is 14.2 Å². The molecule has 46 heavy (non-hydrogen) atoms. The lowest BCUT2D eigenvalue weighted by Gasteiger charge is -2.25. The zero-order chi connectivity index (χ0) is 31.7. The van der Waals surface area contributed by atoms with Gasteiger partial charge in [0.15, 0.2) is 21.8 Å². The van der Waals surface area contributed by atoms with Crippen LogP contribution in [-0.2, 0) is 4.79 Å². The molecule has 11 nitrogen and oxygen atoms in total. The highest BCUT2D eigenvalue weighted by atomic mass is 32.1. The summed E-state index contributed by atoms with van der Waals surface area (Å²) >= 11 is 2.71. The van der Waals surface area contributed by atoms with Crippen molar-refractivity contribution in [3.05, 3.63) is 114 Å². The molecular weight excluding hydrogens is 625 g/mol. The number of pyridine rings is 2. The second-order valence-corrected chi connectivity index (χ2v) is 11.3. The molecule has 6 aromatic rings. The molecule has 7 rings (SSSR count). The largest absolute Gasteiger partial charge is 0.497 e. The maximum Gasteiger partial charge on any atom is 0.270 e. The Morgan fingerprint density at radius 2 is 1.41 bits per heavy atom. The van der Waals surface area contributed by atoms with E-state index in [4.69, 9.17) is 14.2 Å². The molecule has 0 aliphatic carbocycles. The zero-order valence-corrected chi connectivity index (χ0v) is 26.0. The number of fused-ring (bicyclic) bond motifs is 1. The number of nitrogens with zero attached hydrogens (tertiary/aromatic N) is 4. The molecule has 0 fully saturated rings. The number of ether oxygens (including phenoxy) is 3. The number of carbonyl (C=O) groups is 2. The number of methoxy groups -OCH3 is 1. The Labute approximate surface area is 274 Å². The molecule has 0 saturated carbocycles. The van der Waals surface area contributed by atoms with Gasteiger partial charge in [-0.05, 0) is 54.6 Å². The topological polar surface area (TPSA) is 137 Å². The van der Waals surface area contributed by atoms with Crippen molar-refractivity contribution in [2.45, 2.75) is 6.10 Å². The first-order chi connectivity index (χ1) is 22.6. The van der Waals surface area contributed by atoms with Crippen molar-refractivity contribution < 1.29 is 26.7 Å². The van der Waals surface area contributed by atoms with Crippen molar-refractivity contribution in [1.82, 2.24) is 19.9 Å². The minimum Gasteiger partial charge on any atom is -0.497 e. The molecule has 0 bridgehead atoms. The van der Waals surface area contributed by atoms with Crippen LogP contribution in [0.1, 0.15) is 13.2 Å². The Hall–Kier alpha value is -5.66. The van der Waals surface area contributed by atoms with E-state index in [1.807, 2.05) is 65.4 Å². The smallest absolute Gasteiger partial charge is 0.270 e. The number of aromatic nitrogens is 4. The summed E-state index contributed by atoms with van der Waals surface area (Å²) in [6, 6.07) is 25.5. The highest BCUT2D eigenvalue weighted by Gasteiger charge is 2.28. The maximum absolute atomic E-state index is 12.4. The summed E-state index contributed by atoms with van der Waals surface area (Å²) in [6.45, 7) is 0.168. The number of nitrogens with one attached hydrogen (secondary N) is 2. The predicted molar refractivity (Wildman–Crippen MR) is 181 cm³/mol. The van der Waals surface area contributed by atoms with E-state index in [-0.39, 0.29) is 21.3 Å². The Kier molecular flexibility index (Phi) is 9.52. The van der Waals surface area contributed by atoms with Gasteiger partial charge in [-0.25, -0.2) is 9.97 Å². The molecule has 234 valence electrons. The lowest BCUT2D eigenvalue weighted by atomic mass is 10.2. The van der Waals surface area contributed by atoms with Gasteiger partial charge in [-0.15, -0.1) is 22.7 Å². The third kappa shape index (κ3) is 7.52. The van der Waals surface area contributed by atoms with Gasteiger partial charge in [-0.3, -0.25) is 30.2 Å². The summed E-state index contributed by atoms with van der Waals surface area (Å²) < 4.78 is 16.4. The summed E-state index contributed by atoms with van der Waals surface area (Å²) in [7, 11) is 1.57. The Morgan fingerprint density at radius 3 is 2.04 bits per heavy atom. The fourth-order valence-electron chi connectivity index (χ4n) is 4.19. The van der Waals surface area contributed by atoms with Crippen molar-refractivity contribution in [3.8, 4) is 40.0 Å². The molecule has 2 N–H and O–H groups in total. The number of anilines is 2. The van der Waals surface area contributed by atoms with E-state index in [2.05, 4.69) is 30.6 Å². The molecule has 5 heterocycles. The molecule has 0 saturated heterocycles. The second-order valence-electron chi connectivity index (χ2n) is 9.55. The minimum atomic E-state index is -0.706. The van der Waals surface area contributed by atoms with Crippen molar-refractivity contribution in [1.29, 1.82) is 0 Å². The molecule has 1 atom stereocenters. The van der Waals surface area contributed by atoms with Crippen LogP contribution in [-0.4, -0.2) is 51.6 Å². The minimum absolute atomic E-state index is 0. The molecule has 4 aromatic heterocycles. The highest BCUT2D eigenvalue weighted by Crippen LogP contribution is 2.31. The fraction of sp³-hybridized carbons (Fsp3) is 0.0909. The number of para-hydroxylation sites is 2. The van der Waals surface area contributed by atoms with Crippen LogP contribution in [0.2, 0.25) is 0 Å². The van der Waals surface area contributed by atoms with E-state index in [9.17, 15) is 9.59 Å². The van der Waals surface area contributed by atoms with Crippen LogP contribution in [0.15, 0.2) is 108 Å². The molecule has 2 amide bonds. The molecule has 0 spiro atoms. The first kappa shape index (κ1) is 30.4. The third-order valence-electron chi connectivity index (χ3n) is 6.45. The van der Waals surface area contributed by atoms with E-state index >= 15 is 0 Å². The van der Waals surface area contributed by atoms with Crippen molar-refractivity contribution in [2.24, 2.45) is 0 Å². The normalized spacial score (nSPS) is 13.1. The van der Waals surface area contributed by atoms with Crippen LogP contribution in [0.25, 0.3) is 22.8 Å². The van der Waals surface area contributed by atoms with Crippen molar-refractivity contribution in [3.63, 3.8) is 0 Å². The maximum atomic E-state index is 12.4. The van der Waals surface area contributed by atoms with Crippen LogP contribution in [0, 0.1) is 0 Å². The summed E-state index contributed by atoms with van der Waals surface area (Å²) in [6.07, 6.45) is 2.71. The number of hydrogen-bond donors (Lipinski definition) is 2. The SMILES string of the molecule is COc1cccc(C(=O)Nc2nc(-c3ccccn3)cs2)c1.O=C(Nc1nc(-c2ccccn2)cs1)C1COc2ccccc2O1.[HH].[HH]. The number of hydrogen-bond acceptors (Lipinski definition) is 11. The van der Waals surface area contributed by atoms with Crippen LogP contribution in [0.4, 0.5) is 10.3 Å². The molecule has 2 aromatic carbocycles. The van der Waals surface area contributed by atoms with Gasteiger partial charge in [-0.2, -0.15) is 0 Å². The molecule has 1 aliphatic heterocycles. The quantitative estimate of drug-likeness (QED) is 0.187. The van der Waals surface area contributed by atoms with E-state index in [1.165, 1.54) is 22.7 Å². The Balaban J connectivity index is 0.000000209. The number of rotatable bonds is 7. The highest BCUT2D eigenvalue weighted by molar-refractivity contribution is 7.14. The second kappa shape index (κ2) is 14.4. The predicted octanol–water partition coefficient (Wildman–Crippen LogP) is 6.94. The summed E-state index contributed by atoms with van der Waals surface area (Å²) in [5, 5.41) is 10.3. The summed E-state index contributed by atoms with van der Waals surface area (Å²) in [5.74, 6) is 1.35. The van der Waals surface area contributed by atoms with Crippen LogP contribution in [0.3, 0.4) is 0 Å². The van der Waals surface area contributed by atoms with E-state index in [1.54, 1.807) is 49.8 Å². The van der Waals surface area contributed by atoms with Gasteiger partial charge in [0.05, 0.1) is 18.5 Å². The van der Waals surface area contributed by atoms with Crippen molar-refractivity contribution in [2.75, 3.05) is 24.4 Å². The fourth-order valence-corrected chi connectivity index (χ4v) is 5.60. The third-order valence-corrected chi connectivity index (χ3v) is 7.96. The Bertz CT molecular complexity index is 1950. The lowest BCUT2D eigenvalue weighted by Crippen LogP contribution is -2.40. The van der Waals surface area contributed by atoms with Crippen LogP contribution >= 0.6 is 22.7 Å². The Morgan fingerprint density at radius 1 is 0.783 bits per heavy atom. The van der Waals surface area contributed by atoms with Crippen LogP contribution < -0.4 is 24.8 Å². The zero-order valence-electron chi connectivity index (χ0n) is 24.3. The number of amides is 2. The average molecular weight is 655 g/mol. The van der Waals surface area contributed by atoms with Gasteiger partial charge in [0.2, 0.25) is 6.10 Å². The van der Waals surface area contributed by atoms with E-state index in [0.29, 0.717) is 33.1 Å². The van der Waals surface area contributed by atoms with Crippen LogP contribution in [0.5, 0.6) is 17.2 Å². The monoisotopic (exact) mass is 654 g/mol. The van der Waals surface area contributed by atoms with E-state index < -0.39 is 6.10 Å². The molecule has 1 aliphatic rings. The number of thiazole rings is 2. The van der Waals surface area contributed by atoms with Gasteiger partial charge >= 0.3 is 0 Å². The number of benzene rings is 2. The molecule has 1 unspecified atom stereocenters. The lowest BCUT2D eigenvalue weighted by molar-refractivity contribution is -0.125. The van der Waals surface area contributed by atoms with Crippen molar-refractivity contribution >= 4 is 44.8 Å². The first-order valence-corrected chi connectivity index (χ1v) is 15.7. The molecule has 0 radical (unpaired) electrons. The standard InChI is InChI=1S/C17H13N3O3S.C16H13N3O2S.2H2/c21-16(15-9-22-13-6-1-2-7-14(13)23-15)20-17-19-12(10-24-17)11-5-3-4-8-18-11;1-21-12-6-4-5-11(9-12)15(20)19-16-18-14(10-22-16)13-7-2-3-8-17-13;;/h1-8,10,15H,9H2,(H,19,20,21);2-10H,1H3,(H,18,19,20);2*1H. The first-order valence-electron chi connectivity index (χ1n) is 13.9. The summed E-state index contributed by atoms with van der Waals surface area (Å²) in [5.41, 5.74) is 3.53. The average Bonchev–Trinajstić information content (AvgIpc) is 3.79. The number of carbonyl (C=O) groups excluding carboxylic acids is 2.